The van der Waals surface area contributed by atoms with Gasteiger partial charge < -0.3 is 4.74 Å². The molecule has 1 atom stereocenters. The number of carbonyl (C=O) groups is 1. The van der Waals surface area contributed by atoms with Gasteiger partial charge in [0.2, 0.25) is 0 Å². The average Bonchev–Trinajstić information content (AvgIpc) is 3.26. The summed E-state index contributed by atoms with van der Waals surface area (Å²) < 4.78 is 7.37. The van der Waals surface area contributed by atoms with Gasteiger partial charge in [-0.3, -0.25) is 9.36 Å². The Balaban J connectivity index is 1.68. The summed E-state index contributed by atoms with van der Waals surface area (Å²) in [7, 11) is 1.36. The zero-order chi connectivity index (χ0) is 25.5. The van der Waals surface area contributed by atoms with Crippen LogP contribution in [0.3, 0.4) is 0 Å². The monoisotopic (exact) mass is 504 g/mol. The van der Waals surface area contributed by atoms with Crippen molar-refractivity contribution in [3.05, 3.63) is 127 Å². The number of nitrogens with zero attached hydrogens (tertiary/aromatic N) is 2. The number of fused-ring (bicyclic) bond motifs is 3. The zero-order valence-electron chi connectivity index (χ0n) is 20.5. The van der Waals surface area contributed by atoms with Crippen LogP contribution in [0.25, 0.3) is 27.6 Å². The first-order valence-corrected chi connectivity index (χ1v) is 13.0. The third kappa shape index (κ3) is 3.81. The first-order valence-electron chi connectivity index (χ1n) is 12.2. The average molecular weight is 505 g/mol. The van der Waals surface area contributed by atoms with Crippen LogP contribution in [0.2, 0.25) is 0 Å². The van der Waals surface area contributed by atoms with Crippen LogP contribution in [0, 0.1) is 0 Å². The lowest BCUT2D eigenvalue weighted by Crippen LogP contribution is -2.40. The van der Waals surface area contributed by atoms with Crippen molar-refractivity contribution in [2.24, 2.45) is 4.99 Å². The number of hydrogen-bond donors (Lipinski definition) is 0. The molecule has 0 aliphatic carbocycles. The number of benzene rings is 4. The number of allylic oxidation sites excluding steroid dienone is 1. The van der Waals surface area contributed by atoms with Crippen LogP contribution in [-0.4, -0.2) is 17.6 Å². The predicted octanol–water partition coefficient (Wildman–Crippen LogP) is 5.10. The highest BCUT2D eigenvalue weighted by atomic mass is 32.1. The molecule has 182 valence electrons. The van der Waals surface area contributed by atoms with Gasteiger partial charge in [-0.25, -0.2) is 9.79 Å². The lowest BCUT2D eigenvalue weighted by molar-refractivity contribution is -0.136. The smallest absolute Gasteiger partial charge is 0.338 e. The van der Waals surface area contributed by atoms with E-state index in [9.17, 15) is 9.59 Å². The van der Waals surface area contributed by atoms with E-state index in [1.54, 1.807) is 4.57 Å². The molecule has 0 fully saturated rings. The number of esters is 1. The molecule has 1 aromatic heterocycles. The molecule has 0 saturated carbocycles. The Hall–Kier alpha value is -4.29. The predicted molar refractivity (Wildman–Crippen MR) is 148 cm³/mol. The SMILES string of the molecule is CCC1=C(C(=O)OC)[C@H](c2ccccc2)n2c(s/c(=C\c3c4ccccc4cc4ccccc34)c2=O)=N1. The normalized spacial score (nSPS) is 15.6. The molecule has 5 aromatic rings. The standard InChI is InChI=1S/C31H24N2O3S/c1-3-25-27(30(35)36-2)28(19-11-5-4-6-12-19)33-29(34)26(37-31(33)32-25)18-24-22-15-9-7-13-20(22)17-21-14-8-10-16-23(21)24/h4-18,28H,3H2,1-2H3/b26-18-/t28-/m0/s1. The van der Waals surface area contributed by atoms with E-state index in [1.165, 1.54) is 18.4 Å². The van der Waals surface area contributed by atoms with Crippen molar-refractivity contribution in [3.63, 3.8) is 0 Å². The molecular weight excluding hydrogens is 480 g/mol. The largest absolute Gasteiger partial charge is 0.466 e. The zero-order valence-corrected chi connectivity index (χ0v) is 21.3. The summed E-state index contributed by atoms with van der Waals surface area (Å²) >= 11 is 1.35. The minimum absolute atomic E-state index is 0.175. The van der Waals surface area contributed by atoms with E-state index in [2.05, 4.69) is 30.3 Å². The molecule has 4 aromatic carbocycles. The van der Waals surface area contributed by atoms with E-state index in [0.717, 1.165) is 32.7 Å². The molecular formula is C31H24N2O3S. The molecule has 37 heavy (non-hydrogen) atoms. The number of carbonyl (C=O) groups excluding carboxylic acids is 1. The number of rotatable bonds is 4. The van der Waals surface area contributed by atoms with Gasteiger partial charge in [0.15, 0.2) is 4.80 Å². The molecule has 0 radical (unpaired) electrons. The highest BCUT2D eigenvalue weighted by Gasteiger charge is 2.33. The van der Waals surface area contributed by atoms with Crippen LogP contribution in [0.5, 0.6) is 0 Å². The number of methoxy groups -OCH3 is 1. The first kappa shape index (κ1) is 23.1. The summed E-state index contributed by atoms with van der Waals surface area (Å²) in [5.41, 5.74) is 2.71. The summed E-state index contributed by atoms with van der Waals surface area (Å²) in [6.07, 6.45) is 2.52. The third-order valence-corrected chi connectivity index (χ3v) is 7.84. The quantitative estimate of drug-likeness (QED) is 0.253. The molecule has 0 bridgehead atoms. The van der Waals surface area contributed by atoms with Crippen LogP contribution in [0.1, 0.15) is 30.5 Å². The summed E-state index contributed by atoms with van der Waals surface area (Å²) in [6.45, 7) is 1.96. The van der Waals surface area contributed by atoms with Crippen molar-refractivity contribution in [3.8, 4) is 0 Å². The Morgan fingerprint density at radius 1 is 0.973 bits per heavy atom. The molecule has 0 N–H and O–H groups in total. The van der Waals surface area contributed by atoms with Crippen molar-refractivity contribution < 1.29 is 9.53 Å². The second kappa shape index (κ2) is 9.30. The van der Waals surface area contributed by atoms with Crippen LogP contribution in [0.4, 0.5) is 0 Å². The number of thiazole rings is 1. The Bertz CT molecular complexity index is 1840. The molecule has 2 heterocycles. The molecule has 1 aliphatic heterocycles. The molecule has 0 amide bonds. The molecule has 0 unspecified atom stereocenters. The molecule has 0 saturated heterocycles. The molecule has 1 aliphatic rings. The number of ether oxygens (including phenoxy) is 1. The van der Waals surface area contributed by atoms with Gasteiger partial charge in [-0.1, -0.05) is 97.1 Å². The van der Waals surface area contributed by atoms with Gasteiger partial charge in [-0.2, -0.15) is 0 Å². The summed E-state index contributed by atoms with van der Waals surface area (Å²) in [5.74, 6) is -0.469. The molecule has 6 heteroatoms. The second-order valence-corrected chi connectivity index (χ2v) is 9.94. The van der Waals surface area contributed by atoms with E-state index in [0.29, 0.717) is 27.0 Å². The lowest BCUT2D eigenvalue weighted by Gasteiger charge is -2.25. The number of hydrogen-bond acceptors (Lipinski definition) is 5. The fraction of sp³-hybridized carbons (Fsp3) is 0.129. The minimum atomic E-state index is -0.605. The highest BCUT2D eigenvalue weighted by molar-refractivity contribution is 7.07. The molecule has 6 rings (SSSR count). The van der Waals surface area contributed by atoms with Crippen molar-refractivity contribution in [2.45, 2.75) is 19.4 Å². The van der Waals surface area contributed by atoms with Gasteiger partial charge in [-0.15, -0.1) is 0 Å². The van der Waals surface area contributed by atoms with Crippen LogP contribution in [-0.2, 0) is 9.53 Å². The van der Waals surface area contributed by atoms with Crippen LogP contribution < -0.4 is 14.9 Å². The van der Waals surface area contributed by atoms with Crippen LogP contribution >= 0.6 is 11.3 Å². The van der Waals surface area contributed by atoms with E-state index in [4.69, 9.17) is 9.73 Å². The Kier molecular flexibility index (Phi) is 5.81. The fourth-order valence-corrected chi connectivity index (χ4v) is 6.15. The van der Waals surface area contributed by atoms with E-state index >= 15 is 0 Å². The highest BCUT2D eigenvalue weighted by Crippen LogP contribution is 2.32. The van der Waals surface area contributed by atoms with Gasteiger partial charge in [0, 0.05) is 0 Å². The molecule has 5 nitrogen and oxygen atoms in total. The van der Waals surface area contributed by atoms with Gasteiger partial charge >= 0.3 is 5.97 Å². The van der Waals surface area contributed by atoms with Gasteiger partial charge in [0.25, 0.3) is 5.56 Å². The van der Waals surface area contributed by atoms with E-state index in [-0.39, 0.29) is 5.56 Å². The summed E-state index contributed by atoms with van der Waals surface area (Å²) in [4.78, 5) is 32.4. The Morgan fingerprint density at radius 3 is 2.22 bits per heavy atom. The summed E-state index contributed by atoms with van der Waals surface area (Å²) in [6, 6.07) is 27.6. The van der Waals surface area contributed by atoms with Gasteiger partial charge in [0.1, 0.15) is 0 Å². The van der Waals surface area contributed by atoms with Crippen molar-refractivity contribution in [1.29, 1.82) is 0 Å². The Morgan fingerprint density at radius 2 is 1.59 bits per heavy atom. The van der Waals surface area contributed by atoms with E-state index < -0.39 is 12.0 Å². The lowest BCUT2D eigenvalue weighted by atomic mass is 9.95. The maximum Gasteiger partial charge on any atom is 0.338 e. The van der Waals surface area contributed by atoms with Gasteiger partial charge in [0.05, 0.1) is 29.0 Å². The minimum Gasteiger partial charge on any atom is -0.466 e. The van der Waals surface area contributed by atoms with Crippen molar-refractivity contribution >= 4 is 44.9 Å². The maximum absolute atomic E-state index is 14.0. The fourth-order valence-electron chi connectivity index (χ4n) is 5.15. The van der Waals surface area contributed by atoms with E-state index in [1.807, 2.05) is 67.6 Å². The topological polar surface area (TPSA) is 60.7 Å². The van der Waals surface area contributed by atoms with Crippen molar-refractivity contribution in [2.75, 3.05) is 7.11 Å². The van der Waals surface area contributed by atoms with Crippen molar-refractivity contribution in [1.82, 2.24) is 4.57 Å². The third-order valence-electron chi connectivity index (χ3n) is 6.85. The Labute approximate surface area is 217 Å². The first-order chi connectivity index (χ1) is 18.1. The van der Waals surface area contributed by atoms with Crippen LogP contribution in [0.15, 0.2) is 106 Å². The molecule has 0 spiro atoms. The number of aromatic nitrogens is 1. The summed E-state index contributed by atoms with van der Waals surface area (Å²) in [5, 5.41) is 4.39. The maximum atomic E-state index is 14.0. The second-order valence-electron chi connectivity index (χ2n) is 8.93. The van der Waals surface area contributed by atoms with Gasteiger partial charge in [-0.05, 0) is 51.2 Å².